The van der Waals surface area contributed by atoms with Crippen LogP contribution in [0.3, 0.4) is 0 Å². The van der Waals surface area contributed by atoms with E-state index in [2.05, 4.69) is 25.5 Å². The minimum Gasteiger partial charge on any atom is -0.507 e. The van der Waals surface area contributed by atoms with Gasteiger partial charge in [-0.25, -0.2) is 24.4 Å². The van der Waals surface area contributed by atoms with Gasteiger partial charge in [-0.3, -0.25) is 4.84 Å². The third-order valence-corrected chi connectivity index (χ3v) is 4.25. The number of methoxy groups -OCH3 is 1. The fourth-order valence-electron chi connectivity index (χ4n) is 2.71. The minimum absolute atomic E-state index is 0.0348. The molecule has 33 heavy (non-hydrogen) atoms. The molecular weight excluding hydrogens is 435 g/mol. The van der Waals surface area contributed by atoms with Crippen molar-refractivity contribution in [3.8, 4) is 5.75 Å². The van der Waals surface area contributed by atoms with Gasteiger partial charge in [0.05, 0.1) is 32.1 Å². The zero-order valence-electron chi connectivity index (χ0n) is 17.8. The minimum atomic E-state index is -0.754. The number of halogens is 1. The molecular formula is C22H21FN4O6. The number of esters is 2. The summed E-state index contributed by atoms with van der Waals surface area (Å²) in [5.41, 5.74) is 3.78. The molecule has 3 aromatic rings. The first-order valence-corrected chi connectivity index (χ1v) is 9.76. The first kappa shape index (κ1) is 23.4. The number of rotatable bonds is 9. The van der Waals surface area contributed by atoms with Gasteiger partial charge in [-0.1, -0.05) is 12.1 Å². The van der Waals surface area contributed by atoms with E-state index in [0.29, 0.717) is 11.1 Å². The third-order valence-electron chi connectivity index (χ3n) is 4.25. The van der Waals surface area contributed by atoms with Crippen LogP contribution >= 0.6 is 0 Å². The number of hydrogen-bond acceptors (Lipinski definition) is 10. The van der Waals surface area contributed by atoms with Crippen LogP contribution in [-0.2, 0) is 20.9 Å². The molecule has 0 saturated heterocycles. The van der Waals surface area contributed by atoms with E-state index in [-0.39, 0.29) is 42.0 Å². The molecule has 0 bridgehead atoms. The molecule has 0 saturated carbocycles. The maximum atomic E-state index is 14.2. The highest BCUT2D eigenvalue weighted by Crippen LogP contribution is 2.25. The molecule has 0 aliphatic carbocycles. The summed E-state index contributed by atoms with van der Waals surface area (Å²) in [5, 5.41) is 12.5. The van der Waals surface area contributed by atoms with Crippen LogP contribution in [0.2, 0.25) is 0 Å². The monoisotopic (exact) mass is 456 g/mol. The number of aromatic nitrogens is 2. The average molecular weight is 456 g/mol. The topological polar surface area (TPSA) is 132 Å². The molecule has 0 atom stereocenters. The molecule has 3 N–H and O–H groups in total. The summed E-state index contributed by atoms with van der Waals surface area (Å²) in [5.74, 6) is -2.44. The summed E-state index contributed by atoms with van der Waals surface area (Å²) in [6.45, 7) is 2.06. The molecule has 2 aromatic carbocycles. The molecule has 3 rings (SSSR count). The standard InChI is InChI=1S/C22H21FN4O6/c1-3-32-20(29)14-6-4-5-13(9-14)12-33-27-22-24-11-17(23)19(26-22)25-15-7-8-18(28)16(10-15)21(30)31-2/h4-11,28H,3,12H2,1-2H3,(H2,24,25,26,27). The Hall–Kier alpha value is -4.25. The predicted molar refractivity (Wildman–Crippen MR) is 116 cm³/mol. The van der Waals surface area contributed by atoms with Gasteiger partial charge in [0, 0.05) is 5.69 Å². The Morgan fingerprint density at radius 1 is 1.15 bits per heavy atom. The van der Waals surface area contributed by atoms with Gasteiger partial charge in [0.25, 0.3) is 0 Å². The molecule has 0 spiro atoms. The number of aromatic hydroxyl groups is 1. The van der Waals surface area contributed by atoms with E-state index in [9.17, 15) is 19.1 Å². The van der Waals surface area contributed by atoms with E-state index in [1.54, 1.807) is 31.2 Å². The molecule has 172 valence electrons. The van der Waals surface area contributed by atoms with Gasteiger partial charge in [0.15, 0.2) is 11.6 Å². The van der Waals surface area contributed by atoms with Crippen LogP contribution in [0.4, 0.5) is 21.8 Å². The summed E-state index contributed by atoms with van der Waals surface area (Å²) in [6.07, 6.45) is 0.935. The van der Waals surface area contributed by atoms with Crippen LogP contribution in [0.1, 0.15) is 33.2 Å². The Kier molecular flexibility index (Phi) is 7.71. The van der Waals surface area contributed by atoms with Gasteiger partial charge in [0.2, 0.25) is 5.95 Å². The van der Waals surface area contributed by atoms with Gasteiger partial charge in [-0.05, 0) is 42.8 Å². The van der Waals surface area contributed by atoms with Crippen molar-refractivity contribution in [2.24, 2.45) is 0 Å². The number of carbonyl (C=O) groups is 2. The lowest BCUT2D eigenvalue weighted by atomic mass is 10.1. The van der Waals surface area contributed by atoms with Crippen LogP contribution in [0.25, 0.3) is 0 Å². The lowest BCUT2D eigenvalue weighted by molar-refractivity contribution is 0.0524. The second-order valence-electron chi connectivity index (χ2n) is 6.55. The van der Waals surface area contributed by atoms with E-state index in [1.807, 2.05) is 0 Å². The van der Waals surface area contributed by atoms with Crippen LogP contribution in [-0.4, -0.2) is 40.7 Å². The van der Waals surface area contributed by atoms with Gasteiger partial charge < -0.3 is 19.9 Å². The Balaban J connectivity index is 1.66. The molecule has 1 aromatic heterocycles. The normalized spacial score (nSPS) is 10.4. The Bertz CT molecular complexity index is 1160. The summed E-state index contributed by atoms with van der Waals surface area (Å²) in [7, 11) is 1.18. The van der Waals surface area contributed by atoms with Crippen LogP contribution in [0, 0.1) is 5.82 Å². The van der Waals surface area contributed by atoms with Crippen molar-refractivity contribution in [1.29, 1.82) is 0 Å². The van der Waals surface area contributed by atoms with Crippen molar-refractivity contribution in [2.45, 2.75) is 13.5 Å². The van der Waals surface area contributed by atoms with E-state index >= 15 is 0 Å². The molecule has 0 aliphatic rings. The van der Waals surface area contributed by atoms with Gasteiger partial charge >= 0.3 is 11.9 Å². The molecule has 0 aliphatic heterocycles. The van der Waals surface area contributed by atoms with Crippen molar-refractivity contribution in [3.63, 3.8) is 0 Å². The van der Waals surface area contributed by atoms with E-state index in [1.165, 1.54) is 25.3 Å². The first-order chi connectivity index (χ1) is 15.9. The zero-order chi connectivity index (χ0) is 23.8. The van der Waals surface area contributed by atoms with Crippen molar-refractivity contribution in [2.75, 3.05) is 24.5 Å². The van der Waals surface area contributed by atoms with Gasteiger partial charge in [0.1, 0.15) is 11.3 Å². The molecule has 0 fully saturated rings. The highest BCUT2D eigenvalue weighted by atomic mass is 19.1. The Labute approximate surface area is 188 Å². The van der Waals surface area contributed by atoms with Crippen LogP contribution in [0.15, 0.2) is 48.7 Å². The summed E-state index contributed by atoms with van der Waals surface area (Å²) in [6, 6.07) is 10.7. The lowest BCUT2D eigenvalue weighted by Crippen LogP contribution is -2.09. The molecule has 1 heterocycles. The number of phenolic OH excluding ortho intramolecular Hbond substituents is 1. The second-order valence-corrected chi connectivity index (χ2v) is 6.55. The summed E-state index contributed by atoms with van der Waals surface area (Å²) < 4.78 is 23.8. The fourth-order valence-corrected chi connectivity index (χ4v) is 2.71. The number of phenols is 1. The van der Waals surface area contributed by atoms with E-state index in [4.69, 9.17) is 9.57 Å². The van der Waals surface area contributed by atoms with Crippen molar-refractivity contribution >= 4 is 29.4 Å². The number of ether oxygens (including phenoxy) is 2. The summed E-state index contributed by atoms with van der Waals surface area (Å²) >= 11 is 0. The third kappa shape index (κ3) is 6.14. The van der Waals surface area contributed by atoms with Crippen molar-refractivity contribution < 1.29 is 33.4 Å². The molecule has 0 radical (unpaired) electrons. The van der Waals surface area contributed by atoms with Crippen LogP contribution < -0.4 is 10.8 Å². The largest absolute Gasteiger partial charge is 0.507 e. The van der Waals surface area contributed by atoms with E-state index < -0.39 is 17.8 Å². The summed E-state index contributed by atoms with van der Waals surface area (Å²) in [4.78, 5) is 36.7. The zero-order valence-corrected chi connectivity index (χ0v) is 17.8. The van der Waals surface area contributed by atoms with Crippen molar-refractivity contribution in [1.82, 2.24) is 9.97 Å². The smallest absolute Gasteiger partial charge is 0.341 e. The number of nitrogens with one attached hydrogen (secondary N) is 2. The predicted octanol–water partition coefficient (Wildman–Crippen LogP) is 3.57. The fraction of sp³-hybridized carbons (Fsp3) is 0.182. The number of carbonyl (C=O) groups excluding carboxylic acids is 2. The molecule has 11 heteroatoms. The van der Waals surface area contributed by atoms with Gasteiger partial charge in [-0.15, -0.1) is 0 Å². The Morgan fingerprint density at radius 3 is 2.73 bits per heavy atom. The number of hydrogen-bond donors (Lipinski definition) is 3. The highest BCUT2D eigenvalue weighted by molar-refractivity contribution is 5.93. The quantitative estimate of drug-likeness (QED) is 0.249. The van der Waals surface area contributed by atoms with E-state index in [0.717, 1.165) is 6.20 Å². The van der Waals surface area contributed by atoms with Crippen molar-refractivity contribution in [3.05, 3.63) is 71.2 Å². The number of benzene rings is 2. The lowest BCUT2D eigenvalue weighted by Gasteiger charge is -2.11. The number of nitrogens with zero attached hydrogens (tertiary/aromatic N) is 2. The Morgan fingerprint density at radius 2 is 1.97 bits per heavy atom. The maximum Gasteiger partial charge on any atom is 0.341 e. The highest BCUT2D eigenvalue weighted by Gasteiger charge is 2.14. The SMILES string of the molecule is CCOC(=O)c1cccc(CONc2ncc(F)c(Nc3ccc(O)c(C(=O)OC)c3)n2)c1. The molecule has 0 amide bonds. The molecule has 10 nitrogen and oxygen atoms in total. The maximum absolute atomic E-state index is 14.2. The second kappa shape index (κ2) is 10.9. The average Bonchev–Trinajstić information content (AvgIpc) is 2.82. The molecule has 0 unspecified atom stereocenters. The van der Waals surface area contributed by atoms with Gasteiger partial charge in [-0.2, -0.15) is 4.98 Å². The van der Waals surface area contributed by atoms with Crippen LogP contribution in [0.5, 0.6) is 5.75 Å². The first-order valence-electron chi connectivity index (χ1n) is 9.76. The number of anilines is 3.